The Morgan fingerprint density at radius 2 is 2.20 bits per heavy atom. The van der Waals surface area contributed by atoms with E-state index in [1.54, 1.807) is 6.07 Å². The van der Waals surface area contributed by atoms with Crippen molar-refractivity contribution in [2.24, 2.45) is 0 Å². The molecular formula is C8H3ClN2O4. The maximum Gasteiger partial charge on any atom is 0.293 e. The number of nitriles is 1. The molecule has 0 unspecified atom stereocenters. The fourth-order valence-corrected chi connectivity index (χ4v) is 1.50. The van der Waals surface area contributed by atoms with Crippen molar-refractivity contribution >= 4 is 17.3 Å². The first kappa shape index (κ1) is 9.55. The molecule has 1 aromatic rings. The number of nitro groups is 1. The first-order valence-electron chi connectivity index (χ1n) is 3.81. The van der Waals surface area contributed by atoms with Gasteiger partial charge in [-0.2, -0.15) is 5.26 Å². The van der Waals surface area contributed by atoms with Crippen LogP contribution in [0.5, 0.6) is 11.5 Å². The quantitative estimate of drug-likeness (QED) is 0.539. The minimum absolute atomic E-state index is 0.0404. The molecule has 0 aromatic heterocycles. The number of nitro benzene ring substituents is 1. The van der Waals surface area contributed by atoms with Gasteiger partial charge in [-0.3, -0.25) is 10.1 Å². The molecular weight excluding hydrogens is 224 g/mol. The van der Waals surface area contributed by atoms with E-state index in [0.29, 0.717) is 0 Å². The average molecular weight is 227 g/mol. The number of hydrogen-bond donors (Lipinski definition) is 0. The lowest BCUT2D eigenvalue weighted by molar-refractivity contribution is -0.384. The molecule has 1 heterocycles. The number of nitrogens with zero attached hydrogens (tertiary/aromatic N) is 2. The van der Waals surface area contributed by atoms with Crippen molar-refractivity contribution in [3.63, 3.8) is 0 Å². The minimum atomic E-state index is -0.675. The first-order chi connectivity index (χ1) is 7.15. The van der Waals surface area contributed by atoms with Crippen molar-refractivity contribution < 1.29 is 14.4 Å². The van der Waals surface area contributed by atoms with E-state index in [1.807, 2.05) is 0 Å². The van der Waals surface area contributed by atoms with E-state index in [4.69, 9.17) is 26.3 Å². The summed E-state index contributed by atoms with van der Waals surface area (Å²) in [5.74, 6) is 0.218. The van der Waals surface area contributed by atoms with Gasteiger partial charge in [-0.15, -0.1) is 0 Å². The van der Waals surface area contributed by atoms with Gasteiger partial charge < -0.3 is 9.47 Å². The van der Waals surface area contributed by atoms with E-state index in [-0.39, 0.29) is 34.6 Å². The Balaban J connectivity index is 2.73. The predicted octanol–water partition coefficient (Wildman–Crippen LogP) is 1.85. The van der Waals surface area contributed by atoms with Gasteiger partial charge in [-0.1, -0.05) is 11.6 Å². The van der Waals surface area contributed by atoms with Crippen LogP contribution in [0.2, 0.25) is 5.02 Å². The monoisotopic (exact) mass is 226 g/mol. The first-order valence-corrected chi connectivity index (χ1v) is 4.19. The molecule has 0 radical (unpaired) electrons. The SMILES string of the molecule is N#Cc1cc([N+](=O)[O-])c(Cl)c2c1OCO2. The molecule has 2 rings (SSSR count). The van der Waals surface area contributed by atoms with Gasteiger partial charge in [0.15, 0.2) is 16.5 Å². The third-order valence-electron chi connectivity index (χ3n) is 1.88. The fourth-order valence-electron chi connectivity index (χ4n) is 1.24. The maximum atomic E-state index is 10.6. The van der Waals surface area contributed by atoms with Gasteiger partial charge in [0.1, 0.15) is 11.6 Å². The molecule has 1 aromatic carbocycles. The van der Waals surface area contributed by atoms with Gasteiger partial charge in [0.05, 0.1) is 4.92 Å². The molecule has 0 spiro atoms. The summed E-state index contributed by atoms with van der Waals surface area (Å²) in [4.78, 5) is 9.93. The third kappa shape index (κ3) is 1.33. The molecule has 0 amide bonds. The van der Waals surface area contributed by atoms with Gasteiger partial charge >= 0.3 is 0 Å². The van der Waals surface area contributed by atoms with Crippen molar-refractivity contribution in [1.29, 1.82) is 5.26 Å². The molecule has 0 saturated carbocycles. The number of benzene rings is 1. The van der Waals surface area contributed by atoms with Gasteiger partial charge in [0.2, 0.25) is 6.79 Å². The highest BCUT2D eigenvalue weighted by atomic mass is 35.5. The smallest absolute Gasteiger partial charge is 0.293 e. The molecule has 1 aliphatic heterocycles. The van der Waals surface area contributed by atoms with Crippen LogP contribution in [-0.2, 0) is 0 Å². The molecule has 6 nitrogen and oxygen atoms in total. The van der Waals surface area contributed by atoms with Crippen molar-refractivity contribution in [3.8, 4) is 17.6 Å². The van der Waals surface area contributed by atoms with E-state index in [2.05, 4.69) is 0 Å². The summed E-state index contributed by atoms with van der Waals surface area (Å²) in [5, 5.41) is 19.2. The largest absolute Gasteiger partial charge is 0.452 e. The molecule has 0 aliphatic carbocycles. The second-order valence-electron chi connectivity index (χ2n) is 2.69. The molecule has 0 bridgehead atoms. The summed E-state index contributed by atoms with van der Waals surface area (Å²) in [6, 6.07) is 2.85. The summed E-state index contributed by atoms with van der Waals surface area (Å²) < 4.78 is 9.94. The molecule has 0 N–H and O–H groups in total. The number of fused-ring (bicyclic) bond motifs is 1. The van der Waals surface area contributed by atoms with Crippen LogP contribution in [0.3, 0.4) is 0 Å². The molecule has 15 heavy (non-hydrogen) atoms. The van der Waals surface area contributed by atoms with Gasteiger partial charge in [0, 0.05) is 6.07 Å². The van der Waals surface area contributed by atoms with Crippen LogP contribution in [0.15, 0.2) is 6.07 Å². The Kier molecular flexibility index (Phi) is 2.10. The lowest BCUT2D eigenvalue weighted by atomic mass is 10.2. The fraction of sp³-hybridized carbons (Fsp3) is 0.125. The van der Waals surface area contributed by atoms with Crippen molar-refractivity contribution in [2.45, 2.75) is 0 Å². The Labute approximate surface area is 88.7 Å². The second kappa shape index (κ2) is 3.29. The van der Waals surface area contributed by atoms with Crippen molar-refractivity contribution in [2.75, 3.05) is 6.79 Å². The van der Waals surface area contributed by atoms with Gasteiger partial charge in [-0.25, -0.2) is 0 Å². The highest BCUT2D eigenvalue weighted by molar-refractivity contribution is 6.34. The van der Waals surface area contributed by atoms with Crippen LogP contribution >= 0.6 is 11.6 Å². The molecule has 0 fully saturated rings. The molecule has 0 atom stereocenters. The number of ether oxygens (including phenoxy) is 2. The zero-order valence-electron chi connectivity index (χ0n) is 7.19. The Morgan fingerprint density at radius 3 is 2.80 bits per heavy atom. The molecule has 0 saturated heterocycles. The number of halogens is 1. The van der Waals surface area contributed by atoms with E-state index < -0.39 is 4.92 Å². The topological polar surface area (TPSA) is 85.4 Å². The number of rotatable bonds is 1. The van der Waals surface area contributed by atoms with Crippen molar-refractivity contribution in [3.05, 3.63) is 26.8 Å². The Bertz CT molecular complexity index is 494. The summed E-state index contributed by atoms with van der Waals surface area (Å²) in [5.41, 5.74) is -0.323. The van der Waals surface area contributed by atoms with E-state index in [1.165, 1.54) is 0 Å². The second-order valence-corrected chi connectivity index (χ2v) is 3.07. The lowest BCUT2D eigenvalue weighted by Crippen LogP contribution is -1.93. The molecule has 1 aliphatic rings. The Morgan fingerprint density at radius 1 is 1.53 bits per heavy atom. The van der Waals surface area contributed by atoms with Crippen LogP contribution in [0.1, 0.15) is 5.56 Å². The molecule has 76 valence electrons. The highest BCUT2D eigenvalue weighted by Gasteiger charge is 2.29. The van der Waals surface area contributed by atoms with Crippen LogP contribution in [-0.4, -0.2) is 11.7 Å². The normalized spacial score (nSPS) is 12.3. The highest BCUT2D eigenvalue weighted by Crippen LogP contribution is 2.46. The van der Waals surface area contributed by atoms with Crippen LogP contribution in [0, 0.1) is 21.4 Å². The van der Waals surface area contributed by atoms with E-state index >= 15 is 0 Å². The predicted molar refractivity (Wildman–Crippen MR) is 48.9 cm³/mol. The third-order valence-corrected chi connectivity index (χ3v) is 2.25. The lowest BCUT2D eigenvalue weighted by Gasteiger charge is -2.01. The van der Waals surface area contributed by atoms with E-state index in [0.717, 1.165) is 6.07 Å². The zero-order valence-corrected chi connectivity index (χ0v) is 7.95. The van der Waals surface area contributed by atoms with Crippen LogP contribution < -0.4 is 9.47 Å². The standard InChI is InChI=1S/C8H3ClN2O4/c9-6-5(11(12)13)1-4(2-10)7-8(6)15-3-14-7/h1H,3H2. The Hall–Kier alpha value is -2.00. The average Bonchev–Trinajstić information content (AvgIpc) is 2.67. The van der Waals surface area contributed by atoms with Gasteiger partial charge in [-0.05, 0) is 0 Å². The summed E-state index contributed by atoms with van der Waals surface area (Å²) in [7, 11) is 0. The van der Waals surface area contributed by atoms with Crippen LogP contribution in [0.4, 0.5) is 5.69 Å². The summed E-state index contributed by atoms with van der Waals surface area (Å²) in [6.45, 7) is -0.0924. The van der Waals surface area contributed by atoms with Crippen molar-refractivity contribution in [1.82, 2.24) is 0 Å². The number of hydrogen-bond acceptors (Lipinski definition) is 5. The molecule has 7 heteroatoms. The maximum absolute atomic E-state index is 10.6. The van der Waals surface area contributed by atoms with Gasteiger partial charge in [0.25, 0.3) is 5.69 Å². The zero-order chi connectivity index (χ0) is 11.0. The summed E-state index contributed by atoms with van der Waals surface area (Å²) >= 11 is 5.72. The summed E-state index contributed by atoms with van der Waals surface area (Å²) in [6.07, 6.45) is 0. The minimum Gasteiger partial charge on any atom is -0.452 e. The van der Waals surface area contributed by atoms with Crippen LogP contribution in [0.25, 0.3) is 0 Å². The van der Waals surface area contributed by atoms with E-state index in [9.17, 15) is 10.1 Å².